The highest BCUT2D eigenvalue weighted by Gasteiger charge is 2.27. The Morgan fingerprint density at radius 2 is 2.22 bits per heavy atom. The van der Waals surface area contributed by atoms with Gasteiger partial charge in [0.1, 0.15) is 11.6 Å². The van der Waals surface area contributed by atoms with Crippen LogP contribution >= 0.6 is 0 Å². The van der Waals surface area contributed by atoms with E-state index in [9.17, 15) is 17.6 Å². The first-order valence-corrected chi connectivity index (χ1v) is 9.26. The molecule has 1 saturated heterocycles. The van der Waals surface area contributed by atoms with E-state index in [1.165, 1.54) is 25.3 Å². The van der Waals surface area contributed by atoms with Crippen LogP contribution in [0.25, 0.3) is 0 Å². The van der Waals surface area contributed by atoms with Crippen molar-refractivity contribution in [3.63, 3.8) is 0 Å². The zero-order valence-electron chi connectivity index (χ0n) is 13.2. The third-order valence-electron chi connectivity index (χ3n) is 3.83. The molecule has 1 atom stereocenters. The van der Waals surface area contributed by atoms with Gasteiger partial charge in [0.25, 0.3) is 5.91 Å². The maximum Gasteiger partial charge on any atom is 0.257 e. The molecule has 0 bridgehead atoms. The number of amides is 1. The van der Waals surface area contributed by atoms with E-state index in [1.807, 2.05) is 0 Å². The normalized spacial score (nSPS) is 18.7. The second-order valence-corrected chi connectivity index (χ2v) is 7.56. The third kappa shape index (κ3) is 4.90. The molecular formula is C15H21FN2O4S. The summed E-state index contributed by atoms with van der Waals surface area (Å²) < 4.78 is 43.4. The van der Waals surface area contributed by atoms with Gasteiger partial charge in [-0.05, 0) is 37.0 Å². The van der Waals surface area contributed by atoms with Crippen LogP contribution in [0.4, 0.5) is 4.39 Å². The van der Waals surface area contributed by atoms with Crippen LogP contribution in [0.15, 0.2) is 18.2 Å². The predicted octanol–water partition coefficient (Wildman–Crippen LogP) is 1.24. The molecule has 128 valence electrons. The van der Waals surface area contributed by atoms with Crippen molar-refractivity contribution in [3.8, 4) is 5.75 Å². The number of likely N-dealkylation sites (tertiary alicyclic amines) is 1. The molecule has 1 fully saturated rings. The number of hydrogen-bond donors (Lipinski definition) is 1. The Morgan fingerprint density at radius 3 is 2.87 bits per heavy atom. The number of nitrogens with one attached hydrogen (secondary N) is 1. The number of methoxy groups -OCH3 is 1. The van der Waals surface area contributed by atoms with E-state index in [-0.39, 0.29) is 17.4 Å². The molecule has 1 aliphatic rings. The van der Waals surface area contributed by atoms with E-state index in [1.54, 1.807) is 4.90 Å². The molecule has 1 amide bonds. The van der Waals surface area contributed by atoms with Crippen molar-refractivity contribution < 1.29 is 22.3 Å². The molecule has 8 heteroatoms. The number of sulfonamides is 1. The Bertz CT molecular complexity index is 678. The van der Waals surface area contributed by atoms with Gasteiger partial charge in [0, 0.05) is 19.6 Å². The van der Waals surface area contributed by atoms with Crippen molar-refractivity contribution in [2.45, 2.75) is 12.8 Å². The molecule has 1 aromatic carbocycles. The molecule has 1 aromatic rings. The minimum atomic E-state index is -3.25. The zero-order valence-corrected chi connectivity index (χ0v) is 14.0. The van der Waals surface area contributed by atoms with Crippen LogP contribution in [0.1, 0.15) is 23.2 Å². The van der Waals surface area contributed by atoms with E-state index in [0.717, 1.165) is 19.1 Å². The summed E-state index contributed by atoms with van der Waals surface area (Å²) in [7, 11) is -1.82. The van der Waals surface area contributed by atoms with Crippen molar-refractivity contribution in [2.75, 3.05) is 33.0 Å². The molecule has 1 N–H and O–H groups in total. The number of hydrogen-bond acceptors (Lipinski definition) is 4. The summed E-state index contributed by atoms with van der Waals surface area (Å²) in [5, 5.41) is 0. The molecule has 0 spiro atoms. The fourth-order valence-electron chi connectivity index (χ4n) is 2.70. The van der Waals surface area contributed by atoms with Crippen molar-refractivity contribution >= 4 is 15.9 Å². The fourth-order valence-corrected chi connectivity index (χ4v) is 3.24. The molecule has 0 saturated carbocycles. The van der Waals surface area contributed by atoms with Crippen LogP contribution in [-0.2, 0) is 10.0 Å². The maximum absolute atomic E-state index is 13.4. The van der Waals surface area contributed by atoms with Gasteiger partial charge in [-0.1, -0.05) is 0 Å². The fraction of sp³-hybridized carbons (Fsp3) is 0.533. The summed E-state index contributed by atoms with van der Waals surface area (Å²) in [6, 6.07) is 3.83. The lowest BCUT2D eigenvalue weighted by Crippen LogP contribution is -2.43. The molecule has 6 nitrogen and oxygen atoms in total. The molecule has 0 unspecified atom stereocenters. The van der Waals surface area contributed by atoms with Gasteiger partial charge < -0.3 is 9.64 Å². The first-order valence-electron chi connectivity index (χ1n) is 7.37. The lowest BCUT2D eigenvalue weighted by molar-refractivity contribution is 0.0672. The van der Waals surface area contributed by atoms with Crippen LogP contribution < -0.4 is 9.46 Å². The second-order valence-electron chi connectivity index (χ2n) is 5.72. The Morgan fingerprint density at radius 1 is 1.48 bits per heavy atom. The zero-order chi connectivity index (χ0) is 17.0. The summed E-state index contributed by atoms with van der Waals surface area (Å²) in [5.41, 5.74) is 0.184. The van der Waals surface area contributed by atoms with Gasteiger partial charge in [0.15, 0.2) is 0 Å². The van der Waals surface area contributed by atoms with Gasteiger partial charge in [0.2, 0.25) is 10.0 Å². The SMILES string of the molecule is COc1ccc(F)cc1C(=O)N1CCC[C@@H](CNS(C)(=O)=O)C1. The van der Waals surface area contributed by atoms with E-state index in [4.69, 9.17) is 4.74 Å². The minimum absolute atomic E-state index is 0.0435. The lowest BCUT2D eigenvalue weighted by atomic mass is 9.97. The van der Waals surface area contributed by atoms with Crippen molar-refractivity contribution in [2.24, 2.45) is 5.92 Å². The summed E-state index contributed by atoms with van der Waals surface area (Å²) in [6.45, 7) is 1.29. The number of carbonyl (C=O) groups is 1. The third-order valence-corrected chi connectivity index (χ3v) is 4.52. The average Bonchev–Trinajstić information content (AvgIpc) is 2.52. The van der Waals surface area contributed by atoms with Crippen LogP contribution in [0.2, 0.25) is 0 Å². The summed E-state index contributed by atoms with van der Waals surface area (Å²) >= 11 is 0. The molecule has 0 aromatic heterocycles. The quantitative estimate of drug-likeness (QED) is 0.872. The van der Waals surface area contributed by atoms with E-state index in [2.05, 4.69) is 4.72 Å². The van der Waals surface area contributed by atoms with Crippen LogP contribution in [-0.4, -0.2) is 52.2 Å². The molecular weight excluding hydrogens is 323 g/mol. The Labute approximate surface area is 135 Å². The Balaban J connectivity index is 2.09. The molecule has 1 aliphatic heterocycles. The number of carbonyl (C=O) groups excluding carboxylic acids is 1. The van der Waals surface area contributed by atoms with Crippen LogP contribution in [0, 0.1) is 11.7 Å². The topological polar surface area (TPSA) is 75.7 Å². The second kappa shape index (κ2) is 7.27. The molecule has 0 radical (unpaired) electrons. The van der Waals surface area contributed by atoms with Crippen molar-refractivity contribution in [1.82, 2.24) is 9.62 Å². The van der Waals surface area contributed by atoms with Gasteiger partial charge in [-0.3, -0.25) is 4.79 Å². The van der Waals surface area contributed by atoms with Gasteiger partial charge >= 0.3 is 0 Å². The highest BCUT2D eigenvalue weighted by Crippen LogP contribution is 2.24. The number of ether oxygens (including phenoxy) is 1. The first-order chi connectivity index (χ1) is 10.8. The van der Waals surface area contributed by atoms with Crippen LogP contribution in [0.5, 0.6) is 5.75 Å². The van der Waals surface area contributed by atoms with E-state index < -0.39 is 15.8 Å². The number of benzene rings is 1. The highest BCUT2D eigenvalue weighted by atomic mass is 32.2. The predicted molar refractivity (Wildman–Crippen MR) is 84.4 cm³/mol. The molecule has 2 rings (SSSR count). The van der Waals surface area contributed by atoms with Gasteiger partial charge in [-0.25, -0.2) is 17.5 Å². The van der Waals surface area contributed by atoms with Gasteiger partial charge in [-0.15, -0.1) is 0 Å². The number of nitrogens with zero attached hydrogens (tertiary/aromatic N) is 1. The molecule has 23 heavy (non-hydrogen) atoms. The van der Waals surface area contributed by atoms with Crippen LogP contribution in [0.3, 0.4) is 0 Å². The van der Waals surface area contributed by atoms with Crippen molar-refractivity contribution in [1.29, 1.82) is 0 Å². The Kier molecular flexibility index (Phi) is 5.59. The molecule has 0 aliphatic carbocycles. The standard InChI is InChI=1S/C15H21FN2O4S/c1-22-14-6-5-12(16)8-13(14)15(19)18-7-3-4-11(10-18)9-17-23(2,20)21/h5-6,8,11,17H,3-4,7,9-10H2,1-2H3/t11-/m0/s1. The number of halogens is 1. The average molecular weight is 344 g/mol. The first kappa shape index (κ1) is 17.7. The molecule has 1 heterocycles. The minimum Gasteiger partial charge on any atom is -0.496 e. The van der Waals surface area contributed by atoms with Gasteiger partial charge in [-0.2, -0.15) is 0 Å². The summed E-state index contributed by atoms with van der Waals surface area (Å²) in [4.78, 5) is 14.2. The number of piperidine rings is 1. The summed E-state index contributed by atoms with van der Waals surface area (Å²) in [5.74, 6) is -0.429. The number of rotatable bonds is 5. The van der Waals surface area contributed by atoms with E-state index >= 15 is 0 Å². The highest BCUT2D eigenvalue weighted by molar-refractivity contribution is 7.88. The summed E-state index contributed by atoms with van der Waals surface area (Å²) in [6.07, 6.45) is 2.72. The monoisotopic (exact) mass is 344 g/mol. The lowest BCUT2D eigenvalue weighted by Gasteiger charge is -2.33. The largest absolute Gasteiger partial charge is 0.496 e. The smallest absolute Gasteiger partial charge is 0.257 e. The van der Waals surface area contributed by atoms with Crippen molar-refractivity contribution in [3.05, 3.63) is 29.6 Å². The van der Waals surface area contributed by atoms with E-state index in [0.29, 0.717) is 25.4 Å². The van der Waals surface area contributed by atoms with Gasteiger partial charge in [0.05, 0.1) is 18.9 Å². The Hall–Kier alpha value is -1.67. The maximum atomic E-state index is 13.4.